The molecule has 1 N–H and O–H groups in total. The SMILES string of the molecule is CCOc1ccc(N(Cc2cc3cc(OC)ccc3[nH]c2=O)C(=O)[C@H]2CCCO2)cc1. The van der Waals surface area contributed by atoms with Gasteiger partial charge in [-0.05, 0) is 68.3 Å². The lowest BCUT2D eigenvalue weighted by Crippen LogP contribution is -2.39. The monoisotopic (exact) mass is 422 g/mol. The van der Waals surface area contributed by atoms with Gasteiger partial charge in [0.15, 0.2) is 0 Å². The van der Waals surface area contributed by atoms with Gasteiger partial charge in [-0.3, -0.25) is 9.59 Å². The topological polar surface area (TPSA) is 80.9 Å². The van der Waals surface area contributed by atoms with Crippen LogP contribution in [0.15, 0.2) is 53.3 Å². The Balaban J connectivity index is 1.70. The molecule has 7 nitrogen and oxygen atoms in total. The van der Waals surface area contributed by atoms with Crippen LogP contribution in [0.5, 0.6) is 11.5 Å². The highest BCUT2D eigenvalue weighted by Crippen LogP contribution is 2.26. The van der Waals surface area contributed by atoms with Crippen LogP contribution in [0.25, 0.3) is 10.9 Å². The number of rotatable bonds is 7. The highest BCUT2D eigenvalue weighted by atomic mass is 16.5. The van der Waals surface area contributed by atoms with E-state index in [0.717, 1.165) is 17.6 Å². The number of H-pyrrole nitrogens is 1. The third-order valence-electron chi connectivity index (χ3n) is 5.39. The smallest absolute Gasteiger partial charge is 0.256 e. The predicted octanol–water partition coefficient (Wildman–Crippen LogP) is 3.65. The van der Waals surface area contributed by atoms with Gasteiger partial charge in [0.2, 0.25) is 0 Å². The second-order valence-corrected chi connectivity index (χ2v) is 7.43. The Labute approximate surface area is 180 Å². The Hall–Kier alpha value is -3.32. The number of ether oxygens (including phenoxy) is 3. The highest BCUT2D eigenvalue weighted by Gasteiger charge is 2.30. The molecule has 4 rings (SSSR count). The molecule has 1 atom stereocenters. The molecule has 1 fully saturated rings. The average molecular weight is 422 g/mol. The fraction of sp³-hybridized carbons (Fsp3) is 0.333. The van der Waals surface area contributed by atoms with E-state index < -0.39 is 6.10 Å². The number of hydrogen-bond acceptors (Lipinski definition) is 5. The molecule has 1 aliphatic heterocycles. The van der Waals surface area contributed by atoms with Gasteiger partial charge in [0, 0.05) is 28.8 Å². The number of benzene rings is 2. The zero-order valence-electron chi connectivity index (χ0n) is 17.7. The first kappa shape index (κ1) is 20.9. The summed E-state index contributed by atoms with van der Waals surface area (Å²) >= 11 is 0. The van der Waals surface area contributed by atoms with Crippen molar-refractivity contribution in [3.05, 3.63) is 64.4 Å². The predicted molar refractivity (Wildman–Crippen MR) is 119 cm³/mol. The van der Waals surface area contributed by atoms with E-state index in [4.69, 9.17) is 14.2 Å². The van der Waals surface area contributed by atoms with Crippen LogP contribution in [-0.4, -0.2) is 37.3 Å². The van der Waals surface area contributed by atoms with Gasteiger partial charge in [-0.15, -0.1) is 0 Å². The highest BCUT2D eigenvalue weighted by molar-refractivity contribution is 5.96. The van der Waals surface area contributed by atoms with Crippen molar-refractivity contribution in [2.75, 3.05) is 25.2 Å². The number of amides is 1. The standard InChI is InChI=1S/C24H26N2O5/c1-3-30-19-8-6-18(7-9-19)26(24(28)22-5-4-12-31-22)15-17-13-16-14-20(29-2)10-11-21(16)25-23(17)27/h6-11,13-14,22H,3-5,12,15H2,1-2H3,(H,25,27)/t22-/m1/s1. The van der Waals surface area contributed by atoms with Crippen molar-refractivity contribution in [3.63, 3.8) is 0 Å². The van der Waals surface area contributed by atoms with E-state index in [-0.39, 0.29) is 18.0 Å². The first-order chi connectivity index (χ1) is 15.1. The van der Waals surface area contributed by atoms with Crippen LogP contribution in [0, 0.1) is 0 Å². The molecule has 1 aromatic heterocycles. The number of fused-ring (bicyclic) bond motifs is 1. The normalized spacial score (nSPS) is 15.7. The van der Waals surface area contributed by atoms with Crippen molar-refractivity contribution in [2.45, 2.75) is 32.4 Å². The van der Waals surface area contributed by atoms with E-state index in [0.29, 0.717) is 42.2 Å². The molecule has 1 amide bonds. The van der Waals surface area contributed by atoms with Crippen LogP contribution in [0.1, 0.15) is 25.3 Å². The molecule has 2 aromatic carbocycles. The van der Waals surface area contributed by atoms with E-state index in [2.05, 4.69) is 4.98 Å². The Morgan fingerprint density at radius 1 is 1.16 bits per heavy atom. The number of nitrogens with zero attached hydrogens (tertiary/aromatic N) is 1. The molecule has 2 heterocycles. The van der Waals surface area contributed by atoms with Crippen LogP contribution in [0.4, 0.5) is 5.69 Å². The van der Waals surface area contributed by atoms with Crippen LogP contribution in [0.2, 0.25) is 0 Å². The summed E-state index contributed by atoms with van der Waals surface area (Å²) in [7, 11) is 1.60. The van der Waals surface area contributed by atoms with Crippen molar-refractivity contribution < 1.29 is 19.0 Å². The quantitative estimate of drug-likeness (QED) is 0.629. The number of carbonyl (C=O) groups is 1. The molecule has 0 radical (unpaired) electrons. The summed E-state index contributed by atoms with van der Waals surface area (Å²) in [6.45, 7) is 3.19. The maximum atomic E-state index is 13.3. The number of hydrogen-bond donors (Lipinski definition) is 1. The summed E-state index contributed by atoms with van der Waals surface area (Å²) in [5.41, 5.74) is 1.66. The first-order valence-corrected chi connectivity index (χ1v) is 10.4. The summed E-state index contributed by atoms with van der Waals surface area (Å²) in [6, 6.07) is 14.6. The molecule has 0 saturated carbocycles. The Kier molecular flexibility index (Phi) is 6.23. The minimum Gasteiger partial charge on any atom is -0.497 e. The fourth-order valence-electron chi connectivity index (χ4n) is 3.78. The fourth-order valence-corrected chi connectivity index (χ4v) is 3.78. The number of anilines is 1. The summed E-state index contributed by atoms with van der Waals surface area (Å²) in [5, 5.41) is 0.838. The minimum atomic E-state index is -0.494. The number of nitrogens with one attached hydrogen (secondary N) is 1. The van der Waals surface area contributed by atoms with Gasteiger partial charge in [-0.2, -0.15) is 0 Å². The van der Waals surface area contributed by atoms with Gasteiger partial charge in [-0.25, -0.2) is 0 Å². The minimum absolute atomic E-state index is 0.134. The van der Waals surface area contributed by atoms with E-state index in [1.807, 2.05) is 37.3 Å². The summed E-state index contributed by atoms with van der Waals surface area (Å²) in [5.74, 6) is 1.28. The third-order valence-corrected chi connectivity index (χ3v) is 5.39. The average Bonchev–Trinajstić information content (AvgIpc) is 3.33. The number of pyridine rings is 1. The van der Waals surface area contributed by atoms with Gasteiger partial charge >= 0.3 is 0 Å². The lowest BCUT2D eigenvalue weighted by molar-refractivity contribution is -0.127. The third kappa shape index (κ3) is 4.56. The van der Waals surface area contributed by atoms with Gasteiger partial charge in [-0.1, -0.05) is 0 Å². The van der Waals surface area contributed by atoms with Gasteiger partial charge in [0.1, 0.15) is 17.6 Å². The Bertz CT molecular complexity index is 1120. The Morgan fingerprint density at radius 2 is 1.94 bits per heavy atom. The van der Waals surface area contributed by atoms with Crippen molar-refractivity contribution in [1.29, 1.82) is 0 Å². The lowest BCUT2D eigenvalue weighted by atomic mass is 10.1. The van der Waals surface area contributed by atoms with Crippen LogP contribution < -0.4 is 19.9 Å². The number of methoxy groups -OCH3 is 1. The molecular weight excluding hydrogens is 396 g/mol. The molecule has 0 spiro atoms. The number of aromatic nitrogens is 1. The summed E-state index contributed by atoms with van der Waals surface area (Å²) in [4.78, 5) is 30.5. The van der Waals surface area contributed by atoms with Crippen molar-refractivity contribution in [1.82, 2.24) is 4.98 Å². The zero-order valence-corrected chi connectivity index (χ0v) is 17.7. The van der Waals surface area contributed by atoms with E-state index >= 15 is 0 Å². The van der Waals surface area contributed by atoms with Crippen LogP contribution in [-0.2, 0) is 16.1 Å². The second kappa shape index (κ2) is 9.22. The molecule has 7 heteroatoms. The maximum Gasteiger partial charge on any atom is 0.256 e. The van der Waals surface area contributed by atoms with E-state index in [1.165, 1.54) is 0 Å². The molecular formula is C24H26N2O5. The number of aromatic amines is 1. The van der Waals surface area contributed by atoms with Gasteiger partial charge in [0.05, 0.1) is 20.3 Å². The van der Waals surface area contributed by atoms with Crippen LogP contribution in [0.3, 0.4) is 0 Å². The lowest BCUT2D eigenvalue weighted by Gasteiger charge is -2.25. The summed E-state index contributed by atoms with van der Waals surface area (Å²) < 4.78 is 16.4. The first-order valence-electron chi connectivity index (χ1n) is 10.4. The number of carbonyl (C=O) groups excluding carboxylic acids is 1. The largest absolute Gasteiger partial charge is 0.497 e. The van der Waals surface area contributed by atoms with Crippen molar-refractivity contribution >= 4 is 22.5 Å². The molecule has 162 valence electrons. The maximum absolute atomic E-state index is 13.3. The molecule has 0 bridgehead atoms. The van der Waals surface area contributed by atoms with Crippen LogP contribution >= 0.6 is 0 Å². The van der Waals surface area contributed by atoms with Gasteiger partial charge < -0.3 is 24.1 Å². The zero-order chi connectivity index (χ0) is 21.8. The van der Waals surface area contributed by atoms with E-state index in [9.17, 15) is 9.59 Å². The molecule has 0 aliphatic carbocycles. The summed E-state index contributed by atoms with van der Waals surface area (Å²) in [6.07, 6.45) is 1.04. The Morgan fingerprint density at radius 3 is 2.61 bits per heavy atom. The molecule has 1 saturated heterocycles. The van der Waals surface area contributed by atoms with E-state index in [1.54, 1.807) is 30.2 Å². The molecule has 31 heavy (non-hydrogen) atoms. The van der Waals surface area contributed by atoms with Crippen molar-refractivity contribution in [3.8, 4) is 11.5 Å². The molecule has 1 aliphatic rings. The molecule has 0 unspecified atom stereocenters. The molecule has 3 aromatic rings. The second-order valence-electron chi connectivity index (χ2n) is 7.43. The van der Waals surface area contributed by atoms with Crippen molar-refractivity contribution in [2.24, 2.45) is 0 Å². The van der Waals surface area contributed by atoms with Gasteiger partial charge in [0.25, 0.3) is 11.5 Å².